The zero-order valence-electron chi connectivity index (χ0n) is 11.3. The summed E-state index contributed by atoms with van der Waals surface area (Å²) in [5, 5.41) is 3.73. The van der Waals surface area contributed by atoms with Gasteiger partial charge in [0.15, 0.2) is 0 Å². The van der Waals surface area contributed by atoms with E-state index in [0.29, 0.717) is 6.04 Å². The van der Waals surface area contributed by atoms with Crippen molar-refractivity contribution in [3.05, 3.63) is 56.2 Å². The van der Waals surface area contributed by atoms with Crippen LogP contribution in [0.3, 0.4) is 0 Å². The second kappa shape index (κ2) is 6.07. The molecular formula is C16H17Cl2NS. The van der Waals surface area contributed by atoms with Crippen LogP contribution in [0.25, 0.3) is 0 Å². The van der Waals surface area contributed by atoms with Crippen LogP contribution >= 0.6 is 34.5 Å². The summed E-state index contributed by atoms with van der Waals surface area (Å²) in [6.07, 6.45) is 2.61. The molecule has 4 heteroatoms. The van der Waals surface area contributed by atoms with Crippen molar-refractivity contribution in [2.75, 3.05) is 0 Å². The molecule has 0 spiro atoms. The van der Waals surface area contributed by atoms with Gasteiger partial charge in [-0.25, -0.2) is 0 Å². The van der Waals surface area contributed by atoms with Gasteiger partial charge in [0.25, 0.3) is 0 Å². The molecule has 1 fully saturated rings. The molecule has 2 unspecified atom stereocenters. The summed E-state index contributed by atoms with van der Waals surface area (Å²) in [6.45, 7) is 2.16. The molecule has 1 aromatic carbocycles. The molecule has 2 aromatic rings. The van der Waals surface area contributed by atoms with Crippen LogP contribution in [0.15, 0.2) is 36.4 Å². The van der Waals surface area contributed by atoms with Gasteiger partial charge in [-0.15, -0.1) is 11.3 Å². The number of benzene rings is 1. The first-order valence-corrected chi connectivity index (χ1v) is 8.48. The van der Waals surface area contributed by atoms with E-state index in [1.165, 1.54) is 29.7 Å². The second-order valence-corrected chi connectivity index (χ2v) is 7.68. The van der Waals surface area contributed by atoms with Gasteiger partial charge in [-0.05, 0) is 42.9 Å². The maximum absolute atomic E-state index is 6.26. The van der Waals surface area contributed by atoms with Crippen LogP contribution in [-0.2, 0) is 0 Å². The SMILES string of the molecule is CC(NC(c1ccccc1)C1CC1)c1cc(Cl)sc1Cl. The zero-order valence-corrected chi connectivity index (χ0v) is 13.6. The molecule has 1 aliphatic carbocycles. The van der Waals surface area contributed by atoms with E-state index in [4.69, 9.17) is 23.2 Å². The van der Waals surface area contributed by atoms with Gasteiger partial charge in [-0.3, -0.25) is 0 Å². The molecule has 1 heterocycles. The lowest BCUT2D eigenvalue weighted by Gasteiger charge is -2.23. The number of hydrogen-bond donors (Lipinski definition) is 1. The first-order valence-electron chi connectivity index (χ1n) is 6.91. The molecule has 2 atom stereocenters. The third kappa shape index (κ3) is 3.20. The number of nitrogens with one attached hydrogen (secondary N) is 1. The van der Waals surface area contributed by atoms with Crippen molar-refractivity contribution in [2.45, 2.75) is 31.8 Å². The Labute approximate surface area is 133 Å². The highest BCUT2D eigenvalue weighted by molar-refractivity contribution is 7.20. The van der Waals surface area contributed by atoms with Crippen LogP contribution < -0.4 is 5.32 Å². The highest BCUT2D eigenvalue weighted by Crippen LogP contribution is 2.43. The van der Waals surface area contributed by atoms with E-state index < -0.39 is 0 Å². The smallest absolute Gasteiger partial charge is 0.0991 e. The summed E-state index contributed by atoms with van der Waals surface area (Å²) in [6, 6.07) is 13.2. The molecule has 106 valence electrons. The van der Waals surface area contributed by atoms with E-state index in [1.807, 2.05) is 6.07 Å². The van der Waals surface area contributed by atoms with Crippen molar-refractivity contribution in [1.29, 1.82) is 0 Å². The fraction of sp³-hybridized carbons (Fsp3) is 0.375. The molecule has 0 amide bonds. The standard InChI is InChI=1S/C16H17Cl2NS/c1-10(13-9-14(17)20-16(13)18)19-15(12-7-8-12)11-5-3-2-4-6-11/h2-6,9-10,12,15,19H,7-8H2,1H3. The lowest BCUT2D eigenvalue weighted by Crippen LogP contribution is -2.26. The number of thiophene rings is 1. The van der Waals surface area contributed by atoms with Crippen LogP contribution in [-0.4, -0.2) is 0 Å². The third-order valence-corrected chi connectivity index (χ3v) is 5.35. The predicted molar refractivity (Wildman–Crippen MR) is 87.8 cm³/mol. The van der Waals surface area contributed by atoms with Gasteiger partial charge >= 0.3 is 0 Å². The Morgan fingerprint density at radius 3 is 2.45 bits per heavy atom. The highest BCUT2D eigenvalue weighted by Gasteiger charge is 2.33. The zero-order chi connectivity index (χ0) is 14.1. The van der Waals surface area contributed by atoms with Crippen molar-refractivity contribution in [3.63, 3.8) is 0 Å². The maximum Gasteiger partial charge on any atom is 0.0991 e. The van der Waals surface area contributed by atoms with Crippen LogP contribution in [0.2, 0.25) is 8.67 Å². The Kier molecular flexibility index (Phi) is 4.37. The minimum absolute atomic E-state index is 0.206. The molecule has 20 heavy (non-hydrogen) atoms. The minimum atomic E-state index is 0.206. The van der Waals surface area contributed by atoms with Gasteiger partial charge in [0.2, 0.25) is 0 Å². The maximum atomic E-state index is 6.26. The largest absolute Gasteiger partial charge is 0.303 e. The topological polar surface area (TPSA) is 12.0 Å². The summed E-state index contributed by atoms with van der Waals surface area (Å²) in [4.78, 5) is 0. The molecule has 1 aliphatic rings. The van der Waals surface area contributed by atoms with Crippen LogP contribution in [0.4, 0.5) is 0 Å². The van der Waals surface area contributed by atoms with Crippen molar-refractivity contribution in [2.24, 2.45) is 5.92 Å². The summed E-state index contributed by atoms with van der Waals surface area (Å²) in [5.41, 5.74) is 2.46. The number of halogens is 2. The Morgan fingerprint density at radius 1 is 1.20 bits per heavy atom. The lowest BCUT2D eigenvalue weighted by atomic mass is 10.0. The van der Waals surface area contributed by atoms with Crippen molar-refractivity contribution >= 4 is 34.5 Å². The Hall–Kier alpha value is -0.540. The summed E-state index contributed by atoms with van der Waals surface area (Å²) in [7, 11) is 0. The molecule has 3 rings (SSSR count). The first-order chi connectivity index (χ1) is 9.65. The van der Waals surface area contributed by atoms with E-state index in [1.54, 1.807) is 0 Å². The van der Waals surface area contributed by atoms with Gasteiger partial charge < -0.3 is 5.32 Å². The fourth-order valence-electron chi connectivity index (χ4n) is 2.60. The quantitative estimate of drug-likeness (QED) is 0.726. The molecule has 0 aliphatic heterocycles. The van der Waals surface area contributed by atoms with E-state index in [0.717, 1.165) is 20.2 Å². The van der Waals surface area contributed by atoms with Gasteiger partial charge in [0.1, 0.15) is 0 Å². The van der Waals surface area contributed by atoms with Crippen LogP contribution in [0.1, 0.15) is 43.0 Å². The lowest BCUT2D eigenvalue weighted by molar-refractivity contribution is 0.428. The number of rotatable bonds is 5. The molecule has 1 saturated carbocycles. The van der Waals surface area contributed by atoms with Gasteiger partial charge in [-0.2, -0.15) is 0 Å². The Morgan fingerprint density at radius 2 is 1.90 bits per heavy atom. The average molecular weight is 326 g/mol. The van der Waals surface area contributed by atoms with Crippen molar-refractivity contribution < 1.29 is 0 Å². The van der Waals surface area contributed by atoms with E-state index in [2.05, 4.69) is 42.6 Å². The molecule has 1 N–H and O–H groups in total. The summed E-state index contributed by atoms with van der Waals surface area (Å²) < 4.78 is 1.54. The van der Waals surface area contributed by atoms with Gasteiger partial charge in [0.05, 0.1) is 8.67 Å². The van der Waals surface area contributed by atoms with Crippen LogP contribution in [0, 0.1) is 5.92 Å². The predicted octanol–water partition coefficient (Wildman–Crippen LogP) is 5.86. The monoisotopic (exact) mass is 325 g/mol. The van der Waals surface area contributed by atoms with E-state index >= 15 is 0 Å². The molecule has 1 aromatic heterocycles. The molecule has 0 radical (unpaired) electrons. The van der Waals surface area contributed by atoms with Crippen molar-refractivity contribution in [3.8, 4) is 0 Å². The number of hydrogen-bond acceptors (Lipinski definition) is 2. The Bertz CT molecular complexity index is 577. The highest BCUT2D eigenvalue weighted by atomic mass is 35.5. The fourth-order valence-corrected chi connectivity index (χ4v) is 4.25. The molecule has 0 bridgehead atoms. The minimum Gasteiger partial charge on any atom is -0.303 e. The first kappa shape index (κ1) is 14.4. The van der Waals surface area contributed by atoms with Crippen LogP contribution in [0.5, 0.6) is 0 Å². The molecule has 0 saturated heterocycles. The normalized spacial score (nSPS) is 17.9. The van der Waals surface area contributed by atoms with E-state index in [-0.39, 0.29) is 6.04 Å². The molecular weight excluding hydrogens is 309 g/mol. The second-order valence-electron chi connectivity index (χ2n) is 5.39. The van der Waals surface area contributed by atoms with E-state index in [9.17, 15) is 0 Å². The Balaban J connectivity index is 1.79. The van der Waals surface area contributed by atoms with Gasteiger partial charge in [-0.1, -0.05) is 53.5 Å². The third-order valence-electron chi connectivity index (χ3n) is 3.83. The summed E-state index contributed by atoms with van der Waals surface area (Å²) >= 11 is 13.7. The summed E-state index contributed by atoms with van der Waals surface area (Å²) in [5.74, 6) is 0.743. The molecule has 1 nitrogen and oxygen atoms in total. The van der Waals surface area contributed by atoms with Gasteiger partial charge in [0, 0.05) is 12.1 Å². The average Bonchev–Trinajstić information content (AvgIpc) is 3.22. The van der Waals surface area contributed by atoms with Crippen molar-refractivity contribution in [1.82, 2.24) is 5.32 Å².